The third-order valence-corrected chi connectivity index (χ3v) is 4.97. The van der Waals surface area contributed by atoms with Crippen LogP contribution in [0.5, 0.6) is 0 Å². The van der Waals surface area contributed by atoms with Gasteiger partial charge in [-0.15, -0.1) is 0 Å². The summed E-state index contributed by atoms with van der Waals surface area (Å²) >= 11 is 1.49. The Morgan fingerprint density at radius 3 is 2.59 bits per heavy atom. The lowest BCUT2D eigenvalue weighted by atomic mass is 10.1. The maximum atomic E-state index is 11.9. The third-order valence-electron chi connectivity index (χ3n) is 2.51. The summed E-state index contributed by atoms with van der Waals surface area (Å²) in [6, 6.07) is 0. The molecule has 0 bridgehead atoms. The van der Waals surface area contributed by atoms with Crippen LogP contribution in [0, 0.1) is 0 Å². The summed E-state index contributed by atoms with van der Waals surface area (Å²) in [5.41, 5.74) is -1.01. The first kappa shape index (κ1) is 15.2. The largest absolute Gasteiger partial charge is 0.388 e. The minimum atomic E-state index is -3.46. The second kappa shape index (κ2) is 6.35. The van der Waals surface area contributed by atoms with Crippen molar-refractivity contribution in [3.05, 3.63) is 0 Å². The molecule has 1 aliphatic rings. The van der Waals surface area contributed by atoms with Crippen LogP contribution in [0.15, 0.2) is 0 Å². The van der Waals surface area contributed by atoms with Gasteiger partial charge < -0.3 is 10.4 Å². The lowest BCUT2D eigenvalue weighted by Crippen LogP contribution is -2.53. The van der Waals surface area contributed by atoms with Gasteiger partial charge in [0.25, 0.3) is 10.2 Å². The summed E-state index contributed by atoms with van der Waals surface area (Å²) in [5, 5.41) is 13.0. The number of nitrogens with one attached hydrogen (secondary N) is 2. The Balaban J connectivity index is 2.49. The van der Waals surface area contributed by atoms with E-state index in [1.54, 1.807) is 6.92 Å². The van der Waals surface area contributed by atoms with Crippen LogP contribution < -0.4 is 10.0 Å². The van der Waals surface area contributed by atoms with Gasteiger partial charge in [0.15, 0.2) is 0 Å². The van der Waals surface area contributed by atoms with Crippen molar-refractivity contribution >= 4 is 22.0 Å². The summed E-state index contributed by atoms with van der Waals surface area (Å²) in [6.45, 7) is 3.95. The number of nitrogens with zero attached hydrogens (tertiary/aromatic N) is 1. The van der Waals surface area contributed by atoms with E-state index in [9.17, 15) is 13.5 Å². The summed E-state index contributed by atoms with van der Waals surface area (Å²) < 4.78 is 27.7. The van der Waals surface area contributed by atoms with Crippen molar-refractivity contribution in [3.8, 4) is 0 Å². The number of piperazine rings is 1. The van der Waals surface area contributed by atoms with E-state index < -0.39 is 15.8 Å². The van der Waals surface area contributed by atoms with Gasteiger partial charge in [-0.3, -0.25) is 0 Å². The first-order chi connectivity index (χ1) is 7.87. The molecule has 0 aliphatic carbocycles. The number of hydrogen-bond acceptors (Lipinski definition) is 5. The van der Waals surface area contributed by atoms with E-state index in [-0.39, 0.29) is 6.54 Å². The molecule has 6 nitrogen and oxygen atoms in total. The summed E-state index contributed by atoms with van der Waals surface area (Å²) in [4.78, 5) is 0. The molecule has 17 heavy (non-hydrogen) atoms. The molecule has 8 heteroatoms. The highest BCUT2D eigenvalue weighted by Gasteiger charge is 2.27. The van der Waals surface area contributed by atoms with Crippen molar-refractivity contribution in [1.82, 2.24) is 14.3 Å². The van der Waals surface area contributed by atoms with Crippen LogP contribution >= 0.6 is 11.8 Å². The van der Waals surface area contributed by atoms with Crippen LogP contribution in [0.25, 0.3) is 0 Å². The molecule has 3 N–H and O–H groups in total. The molecule has 0 aromatic carbocycles. The Morgan fingerprint density at radius 2 is 2.06 bits per heavy atom. The summed E-state index contributed by atoms with van der Waals surface area (Å²) in [6.07, 6.45) is 1.87. The van der Waals surface area contributed by atoms with Crippen molar-refractivity contribution < 1.29 is 13.5 Å². The van der Waals surface area contributed by atoms with Gasteiger partial charge in [0.1, 0.15) is 0 Å². The molecule has 0 aromatic rings. The lowest BCUT2D eigenvalue weighted by molar-refractivity contribution is 0.0902. The number of rotatable bonds is 6. The zero-order valence-electron chi connectivity index (χ0n) is 10.3. The van der Waals surface area contributed by atoms with Crippen LogP contribution in [-0.2, 0) is 10.2 Å². The van der Waals surface area contributed by atoms with Gasteiger partial charge in [-0.25, -0.2) is 0 Å². The van der Waals surface area contributed by atoms with Crippen LogP contribution in [0.4, 0.5) is 0 Å². The van der Waals surface area contributed by atoms with Gasteiger partial charge in [0.05, 0.1) is 5.60 Å². The number of hydrogen-bond donors (Lipinski definition) is 3. The molecule has 0 saturated carbocycles. The molecule has 0 aromatic heterocycles. The minimum absolute atomic E-state index is 0.0418. The molecular formula is C9H21N3O3S2. The average Bonchev–Trinajstić information content (AvgIpc) is 2.28. The maximum Gasteiger partial charge on any atom is 0.279 e. The van der Waals surface area contributed by atoms with Crippen molar-refractivity contribution in [2.75, 3.05) is 44.7 Å². The molecule has 1 rings (SSSR count). The molecule has 1 saturated heterocycles. The fourth-order valence-electron chi connectivity index (χ4n) is 1.58. The summed E-state index contributed by atoms with van der Waals surface area (Å²) in [5.74, 6) is 0.497. The van der Waals surface area contributed by atoms with Gasteiger partial charge in [0.2, 0.25) is 0 Å². The highest BCUT2D eigenvalue weighted by Crippen LogP contribution is 2.10. The first-order valence-corrected chi connectivity index (χ1v) is 8.37. The Hall–Kier alpha value is 0.140. The van der Waals surface area contributed by atoms with E-state index >= 15 is 0 Å². The Morgan fingerprint density at radius 1 is 1.47 bits per heavy atom. The third kappa shape index (κ3) is 5.11. The van der Waals surface area contributed by atoms with Crippen molar-refractivity contribution in [2.24, 2.45) is 0 Å². The normalized spacial score (nSPS) is 22.3. The van der Waals surface area contributed by atoms with Gasteiger partial charge in [-0.2, -0.15) is 29.2 Å². The zero-order valence-corrected chi connectivity index (χ0v) is 11.9. The van der Waals surface area contributed by atoms with E-state index in [2.05, 4.69) is 10.0 Å². The van der Waals surface area contributed by atoms with E-state index in [0.29, 0.717) is 31.9 Å². The highest BCUT2D eigenvalue weighted by atomic mass is 32.2. The van der Waals surface area contributed by atoms with E-state index in [1.165, 1.54) is 16.1 Å². The molecule has 1 aliphatic heterocycles. The molecule has 1 atom stereocenters. The molecule has 0 spiro atoms. The van der Waals surface area contributed by atoms with E-state index in [1.807, 2.05) is 6.26 Å². The quantitative estimate of drug-likeness (QED) is 0.573. The highest BCUT2D eigenvalue weighted by molar-refractivity contribution is 7.98. The fraction of sp³-hybridized carbons (Fsp3) is 1.00. The van der Waals surface area contributed by atoms with Gasteiger partial charge in [0, 0.05) is 38.5 Å². The van der Waals surface area contributed by atoms with Gasteiger partial charge in [-0.05, 0) is 13.2 Å². The number of thioether (sulfide) groups is 1. The van der Waals surface area contributed by atoms with Gasteiger partial charge in [-0.1, -0.05) is 0 Å². The van der Waals surface area contributed by atoms with Crippen molar-refractivity contribution in [1.29, 1.82) is 0 Å². The number of aliphatic hydroxyl groups is 1. The fourth-order valence-corrected chi connectivity index (χ4v) is 3.65. The van der Waals surface area contributed by atoms with E-state index in [4.69, 9.17) is 0 Å². The second-order valence-electron chi connectivity index (χ2n) is 4.41. The Bertz CT molecular complexity index is 326. The zero-order chi connectivity index (χ0) is 12.9. The van der Waals surface area contributed by atoms with Crippen LogP contribution in [0.1, 0.15) is 6.92 Å². The van der Waals surface area contributed by atoms with Crippen molar-refractivity contribution in [3.63, 3.8) is 0 Å². The minimum Gasteiger partial charge on any atom is -0.388 e. The van der Waals surface area contributed by atoms with Crippen LogP contribution in [0.3, 0.4) is 0 Å². The van der Waals surface area contributed by atoms with Crippen LogP contribution in [0.2, 0.25) is 0 Å². The first-order valence-electron chi connectivity index (χ1n) is 5.54. The SMILES string of the molecule is CSCC(C)(O)CNS(=O)(=O)N1CCNCC1. The average molecular weight is 283 g/mol. The molecule has 0 amide bonds. The van der Waals surface area contributed by atoms with Crippen LogP contribution in [-0.4, -0.2) is 68.2 Å². The molecule has 1 fully saturated rings. The maximum absolute atomic E-state index is 11.9. The Labute approximate surface area is 107 Å². The van der Waals surface area contributed by atoms with E-state index in [0.717, 1.165) is 0 Å². The Kier molecular flexibility index (Phi) is 5.68. The predicted molar refractivity (Wildman–Crippen MR) is 70.4 cm³/mol. The lowest BCUT2D eigenvalue weighted by Gasteiger charge is -2.29. The summed E-state index contributed by atoms with van der Waals surface area (Å²) in [7, 11) is -3.46. The second-order valence-corrected chi connectivity index (χ2v) is 7.03. The van der Waals surface area contributed by atoms with Gasteiger partial charge >= 0.3 is 0 Å². The molecule has 1 unspecified atom stereocenters. The molecule has 0 radical (unpaired) electrons. The molecule has 1 heterocycles. The molecule has 102 valence electrons. The smallest absolute Gasteiger partial charge is 0.279 e. The molecular weight excluding hydrogens is 262 g/mol. The topological polar surface area (TPSA) is 81.7 Å². The van der Waals surface area contributed by atoms with Crippen molar-refractivity contribution in [2.45, 2.75) is 12.5 Å². The standard InChI is InChI=1S/C9H21N3O3S2/c1-9(13,8-16-2)7-11-17(14,15)12-5-3-10-4-6-12/h10-11,13H,3-8H2,1-2H3. The monoisotopic (exact) mass is 283 g/mol. The predicted octanol–water partition coefficient (Wildman–Crippen LogP) is -1.16.